The monoisotopic (exact) mass is 341 g/mol. The highest BCUT2D eigenvalue weighted by Gasteiger charge is 2.27. The van der Waals surface area contributed by atoms with Crippen LogP contribution < -0.4 is 0 Å². The summed E-state index contributed by atoms with van der Waals surface area (Å²) in [4.78, 5) is 26.5. The molecule has 1 heterocycles. The Morgan fingerprint density at radius 1 is 1.22 bits per heavy atom. The van der Waals surface area contributed by atoms with Crippen LogP contribution in [0.15, 0.2) is 24.3 Å². The summed E-state index contributed by atoms with van der Waals surface area (Å²) < 4.78 is 22.4. The van der Waals surface area contributed by atoms with Gasteiger partial charge in [0.2, 0.25) is 0 Å². The van der Waals surface area contributed by atoms with E-state index in [0.717, 1.165) is 0 Å². The Labute approximate surface area is 134 Å². The molecule has 1 fully saturated rings. The lowest BCUT2D eigenvalue weighted by atomic mass is 10.1. The van der Waals surface area contributed by atoms with Gasteiger partial charge in [0, 0.05) is 45.0 Å². The summed E-state index contributed by atoms with van der Waals surface area (Å²) in [6, 6.07) is 5.90. The first-order valence-electron chi connectivity index (χ1n) is 7.21. The highest BCUT2D eigenvalue weighted by Crippen LogP contribution is 2.20. The van der Waals surface area contributed by atoms with Crippen LogP contribution in [0, 0.1) is 10.1 Å². The summed E-state index contributed by atoms with van der Waals surface area (Å²) in [5, 5.41) is 11.0. The number of benzene rings is 1. The number of carbonyl (C=O) groups is 1. The van der Waals surface area contributed by atoms with Gasteiger partial charge in [-0.3, -0.25) is 19.8 Å². The molecule has 9 heteroatoms. The van der Waals surface area contributed by atoms with Crippen LogP contribution in [-0.4, -0.2) is 73.8 Å². The molecule has 0 saturated carbocycles. The molecule has 0 spiro atoms. The van der Waals surface area contributed by atoms with E-state index < -0.39 is 14.8 Å². The molecule has 8 nitrogen and oxygen atoms in total. The molecule has 1 aromatic carbocycles. The van der Waals surface area contributed by atoms with E-state index in [-0.39, 0.29) is 22.9 Å². The zero-order valence-corrected chi connectivity index (χ0v) is 13.7. The maximum atomic E-state index is 12.5. The summed E-state index contributed by atoms with van der Waals surface area (Å²) in [6.07, 6.45) is 1.20. The predicted octanol–water partition coefficient (Wildman–Crippen LogP) is 0.397. The van der Waals surface area contributed by atoms with Crippen LogP contribution in [0.4, 0.5) is 5.69 Å². The van der Waals surface area contributed by atoms with E-state index in [1.807, 2.05) is 4.90 Å². The number of para-hydroxylation sites is 1. The van der Waals surface area contributed by atoms with Gasteiger partial charge in [-0.2, -0.15) is 0 Å². The zero-order chi connectivity index (χ0) is 17.0. The van der Waals surface area contributed by atoms with E-state index in [4.69, 9.17) is 0 Å². The van der Waals surface area contributed by atoms with Crippen molar-refractivity contribution in [1.82, 2.24) is 9.80 Å². The number of piperazine rings is 1. The third-order valence-corrected chi connectivity index (χ3v) is 4.69. The van der Waals surface area contributed by atoms with Crippen LogP contribution in [-0.2, 0) is 9.84 Å². The van der Waals surface area contributed by atoms with E-state index in [1.165, 1.54) is 24.5 Å². The van der Waals surface area contributed by atoms with Gasteiger partial charge < -0.3 is 4.90 Å². The number of sulfone groups is 1. The van der Waals surface area contributed by atoms with E-state index in [1.54, 1.807) is 11.0 Å². The van der Waals surface area contributed by atoms with Crippen molar-refractivity contribution in [1.29, 1.82) is 0 Å². The largest absolute Gasteiger partial charge is 0.336 e. The predicted molar refractivity (Wildman–Crippen MR) is 85.2 cm³/mol. The van der Waals surface area contributed by atoms with E-state index >= 15 is 0 Å². The number of hydrogen-bond acceptors (Lipinski definition) is 6. The van der Waals surface area contributed by atoms with E-state index in [0.29, 0.717) is 32.7 Å². The van der Waals surface area contributed by atoms with Crippen LogP contribution in [0.3, 0.4) is 0 Å². The molecule has 23 heavy (non-hydrogen) atoms. The molecule has 2 rings (SSSR count). The van der Waals surface area contributed by atoms with E-state index in [9.17, 15) is 23.3 Å². The molecule has 126 valence electrons. The van der Waals surface area contributed by atoms with Crippen LogP contribution in [0.5, 0.6) is 0 Å². The molecule has 0 N–H and O–H groups in total. The third kappa shape index (κ3) is 4.73. The molecule has 0 atom stereocenters. The fourth-order valence-corrected chi connectivity index (χ4v) is 3.04. The molecular formula is C14H19N3O5S. The van der Waals surface area contributed by atoms with Crippen molar-refractivity contribution in [2.45, 2.75) is 0 Å². The average Bonchev–Trinajstić information content (AvgIpc) is 2.52. The molecule has 0 aliphatic carbocycles. The van der Waals surface area contributed by atoms with Crippen molar-refractivity contribution < 1.29 is 18.1 Å². The minimum atomic E-state index is -3.01. The lowest BCUT2D eigenvalue weighted by Gasteiger charge is -2.34. The van der Waals surface area contributed by atoms with Gasteiger partial charge in [0.25, 0.3) is 11.6 Å². The number of amides is 1. The number of nitro benzene ring substituents is 1. The number of nitrogens with zero attached hydrogens (tertiary/aromatic N) is 3. The Morgan fingerprint density at radius 3 is 2.39 bits per heavy atom. The van der Waals surface area contributed by atoms with E-state index in [2.05, 4.69) is 0 Å². The normalized spacial score (nSPS) is 16.3. The van der Waals surface area contributed by atoms with Gasteiger partial charge in [0.1, 0.15) is 15.4 Å². The maximum Gasteiger partial charge on any atom is 0.282 e. The average molecular weight is 341 g/mol. The molecule has 1 amide bonds. The summed E-state index contributed by atoms with van der Waals surface area (Å²) >= 11 is 0. The smallest absolute Gasteiger partial charge is 0.282 e. The fourth-order valence-electron chi connectivity index (χ4n) is 2.45. The van der Waals surface area contributed by atoms with Gasteiger partial charge in [-0.1, -0.05) is 12.1 Å². The second-order valence-electron chi connectivity index (χ2n) is 5.54. The lowest BCUT2D eigenvalue weighted by Crippen LogP contribution is -2.49. The van der Waals surface area contributed by atoms with Crippen molar-refractivity contribution in [3.05, 3.63) is 39.9 Å². The molecular weight excluding hydrogens is 322 g/mol. The second-order valence-corrected chi connectivity index (χ2v) is 7.80. The van der Waals surface area contributed by atoms with Crippen molar-refractivity contribution >= 4 is 21.4 Å². The molecule has 1 saturated heterocycles. The third-order valence-electron chi connectivity index (χ3n) is 3.77. The van der Waals surface area contributed by atoms with Crippen molar-refractivity contribution in [3.63, 3.8) is 0 Å². The standard InChI is InChI=1S/C14H19N3O5S/c1-23(21,22)11-10-15-6-8-16(9-7-15)14(18)12-4-2-3-5-13(12)17(19)20/h2-5H,6-11H2,1H3. The number of hydrogen-bond donors (Lipinski definition) is 0. The first kappa shape index (κ1) is 17.4. The molecule has 0 bridgehead atoms. The first-order valence-corrected chi connectivity index (χ1v) is 9.27. The zero-order valence-electron chi connectivity index (χ0n) is 12.8. The van der Waals surface area contributed by atoms with Gasteiger partial charge >= 0.3 is 0 Å². The number of nitro groups is 1. The Balaban J connectivity index is 1.98. The number of carbonyl (C=O) groups excluding carboxylic acids is 1. The topological polar surface area (TPSA) is 101 Å². The Kier molecular flexibility index (Phi) is 5.32. The summed E-state index contributed by atoms with van der Waals surface area (Å²) in [5.74, 6) is -0.273. The van der Waals surface area contributed by atoms with Gasteiger partial charge in [-0.05, 0) is 6.07 Å². The minimum Gasteiger partial charge on any atom is -0.336 e. The van der Waals surface area contributed by atoms with Crippen LogP contribution >= 0.6 is 0 Å². The van der Waals surface area contributed by atoms with Crippen LogP contribution in [0.25, 0.3) is 0 Å². The Hall–Kier alpha value is -2.00. The molecule has 0 aromatic heterocycles. The fraction of sp³-hybridized carbons (Fsp3) is 0.500. The SMILES string of the molecule is CS(=O)(=O)CCN1CCN(C(=O)c2ccccc2[N+](=O)[O-])CC1. The Bertz CT molecular complexity index is 696. The molecule has 1 aliphatic heterocycles. The Morgan fingerprint density at radius 2 is 1.83 bits per heavy atom. The highest BCUT2D eigenvalue weighted by molar-refractivity contribution is 7.90. The summed E-state index contributed by atoms with van der Waals surface area (Å²) in [6.45, 7) is 2.40. The van der Waals surface area contributed by atoms with Crippen molar-refractivity contribution in [2.24, 2.45) is 0 Å². The molecule has 1 aliphatic rings. The van der Waals surface area contributed by atoms with Gasteiger partial charge in [-0.15, -0.1) is 0 Å². The molecule has 0 radical (unpaired) electrons. The van der Waals surface area contributed by atoms with Gasteiger partial charge in [0.15, 0.2) is 0 Å². The first-order chi connectivity index (χ1) is 10.8. The summed E-state index contributed by atoms with van der Waals surface area (Å²) in [7, 11) is -3.01. The van der Waals surface area contributed by atoms with Gasteiger partial charge in [-0.25, -0.2) is 8.42 Å². The van der Waals surface area contributed by atoms with Crippen LogP contribution in [0.2, 0.25) is 0 Å². The van der Waals surface area contributed by atoms with Crippen molar-refractivity contribution in [3.8, 4) is 0 Å². The summed E-state index contributed by atoms with van der Waals surface area (Å²) in [5.41, 5.74) is -0.112. The maximum absolute atomic E-state index is 12.5. The van der Waals surface area contributed by atoms with Gasteiger partial charge in [0.05, 0.1) is 10.7 Å². The quantitative estimate of drug-likeness (QED) is 0.567. The van der Waals surface area contributed by atoms with Crippen molar-refractivity contribution in [2.75, 3.05) is 44.7 Å². The molecule has 0 unspecified atom stereocenters. The molecule has 1 aromatic rings. The van der Waals surface area contributed by atoms with Crippen LogP contribution in [0.1, 0.15) is 10.4 Å². The lowest BCUT2D eigenvalue weighted by molar-refractivity contribution is -0.385. The second kappa shape index (κ2) is 7.05. The number of rotatable bonds is 5. The minimum absolute atomic E-state index is 0.0853. The highest BCUT2D eigenvalue weighted by atomic mass is 32.2.